The van der Waals surface area contributed by atoms with Gasteiger partial charge in [-0.25, -0.2) is 0 Å². The van der Waals surface area contributed by atoms with E-state index in [1.807, 2.05) is 18.2 Å². The molecule has 2 rings (SSSR count). The maximum absolute atomic E-state index is 9.04. The van der Waals surface area contributed by atoms with E-state index in [9.17, 15) is 0 Å². The van der Waals surface area contributed by atoms with Crippen molar-refractivity contribution in [3.63, 3.8) is 0 Å². The summed E-state index contributed by atoms with van der Waals surface area (Å²) in [4.78, 5) is 0. The number of ether oxygens (including phenoxy) is 1. The lowest BCUT2D eigenvalue weighted by atomic mass is 9.93. The van der Waals surface area contributed by atoms with E-state index in [4.69, 9.17) is 14.4 Å². The van der Waals surface area contributed by atoms with Gasteiger partial charge in [0.05, 0.1) is 11.6 Å². The molecule has 0 unspecified atom stereocenters. The van der Waals surface area contributed by atoms with Gasteiger partial charge in [-0.1, -0.05) is 12.7 Å². The minimum atomic E-state index is -1.74. The minimum absolute atomic E-state index is 0.486. The van der Waals surface area contributed by atoms with E-state index >= 15 is 0 Å². The highest BCUT2D eigenvalue weighted by Gasteiger charge is 2.27. The largest absolute Gasteiger partial charge is 0.542 e. The highest BCUT2D eigenvalue weighted by atomic mass is 28.4. The number of nitrogens with zero attached hydrogens (tertiary/aromatic N) is 1. The Kier molecular flexibility index (Phi) is 4.54. The van der Waals surface area contributed by atoms with Crippen LogP contribution in [-0.4, -0.2) is 14.9 Å². The third-order valence-electron chi connectivity index (χ3n) is 3.14. The monoisotopic (exact) mass is 299 g/mol. The summed E-state index contributed by atoms with van der Waals surface area (Å²) in [6.07, 6.45) is 3.42. The van der Waals surface area contributed by atoms with Gasteiger partial charge in [-0.2, -0.15) is 5.26 Å². The summed E-state index contributed by atoms with van der Waals surface area (Å²) < 4.78 is 12.1. The number of aryl methyl sites for hydroxylation is 1. The molecule has 4 heteroatoms. The number of allylic oxidation sites excluding steroid dienone is 1. The van der Waals surface area contributed by atoms with Gasteiger partial charge in [0, 0.05) is 12.0 Å². The zero-order chi connectivity index (χ0) is 15.5. The van der Waals surface area contributed by atoms with Crippen LogP contribution in [0.3, 0.4) is 0 Å². The van der Waals surface area contributed by atoms with Gasteiger partial charge in [0.15, 0.2) is 0 Å². The Bertz CT molecular complexity index is 621. The number of hydrogen-bond donors (Lipinski definition) is 0. The summed E-state index contributed by atoms with van der Waals surface area (Å²) in [5.74, 6) is 1.75. The Morgan fingerprint density at radius 3 is 2.71 bits per heavy atom. The van der Waals surface area contributed by atoms with Crippen molar-refractivity contribution in [1.29, 1.82) is 5.26 Å². The average molecular weight is 299 g/mol. The van der Waals surface area contributed by atoms with Crippen LogP contribution in [0.5, 0.6) is 0 Å². The fourth-order valence-electron chi connectivity index (χ4n) is 2.32. The van der Waals surface area contributed by atoms with E-state index in [0.29, 0.717) is 12.2 Å². The number of rotatable bonds is 5. The predicted molar refractivity (Wildman–Crippen MR) is 87.0 cm³/mol. The van der Waals surface area contributed by atoms with Gasteiger partial charge >= 0.3 is 0 Å². The molecular weight excluding hydrogens is 278 g/mol. The second-order valence-electron chi connectivity index (χ2n) is 6.05. The third-order valence-corrected chi connectivity index (χ3v) is 3.95. The fourth-order valence-corrected chi connectivity index (χ4v) is 3.16. The van der Waals surface area contributed by atoms with Gasteiger partial charge in [-0.15, -0.1) is 0 Å². The second-order valence-corrected chi connectivity index (χ2v) is 10.5. The van der Waals surface area contributed by atoms with Crippen molar-refractivity contribution in [3.8, 4) is 6.07 Å². The fraction of sp³-hybridized carbons (Fsp3) is 0.353. The van der Waals surface area contributed by atoms with Gasteiger partial charge in [-0.05, 0) is 49.8 Å². The Morgan fingerprint density at radius 2 is 2.10 bits per heavy atom. The number of hydrogen-bond acceptors (Lipinski definition) is 3. The van der Waals surface area contributed by atoms with Gasteiger partial charge in [-0.3, -0.25) is 0 Å². The van der Waals surface area contributed by atoms with E-state index in [2.05, 4.69) is 32.3 Å². The third kappa shape index (κ3) is 3.76. The van der Waals surface area contributed by atoms with E-state index in [1.165, 1.54) is 0 Å². The van der Waals surface area contributed by atoms with Crippen LogP contribution >= 0.6 is 0 Å². The topological polar surface area (TPSA) is 42.2 Å². The minimum Gasteiger partial charge on any atom is -0.542 e. The summed E-state index contributed by atoms with van der Waals surface area (Å²) in [6.45, 7) is 10.6. The molecule has 0 fully saturated rings. The molecule has 1 aromatic carbocycles. The molecule has 0 spiro atoms. The van der Waals surface area contributed by atoms with E-state index < -0.39 is 8.32 Å². The van der Waals surface area contributed by atoms with Crippen molar-refractivity contribution < 1.29 is 9.16 Å². The first-order valence-electron chi connectivity index (χ1n) is 7.14. The van der Waals surface area contributed by atoms with Crippen molar-refractivity contribution >= 4 is 14.1 Å². The molecule has 0 N–H and O–H groups in total. The van der Waals surface area contributed by atoms with Gasteiger partial charge < -0.3 is 9.16 Å². The number of nitriles is 1. The van der Waals surface area contributed by atoms with Crippen LogP contribution in [0, 0.1) is 11.3 Å². The molecule has 0 aliphatic heterocycles. The molecule has 0 radical (unpaired) electrons. The second kappa shape index (κ2) is 6.19. The van der Waals surface area contributed by atoms with Gasteiger partial charge in [0.2, 0.25) is 8.32 Å². The predicted octanol–water partition coefficient (Wildman–Crippen LogP) is 4.23. The molecule has 0 saturated carbocycles. The lowest BCUT2D eigenvalue weighted by Gasteiger charge is -2.29. The standard InChI is InChI=1S/C17H21NO2Si/c1-5-10-19-16-9-7-14-11-13(12-18)6-8-15(14)17(16)20-21(2,3)4/h5-6,8,11H,1,7,9-10H2,2-4H3. The highest BCUT2D eigenvalue weighted by Crippen LogP contribution is 2.35. The Labute approximate surface area is 127 Å². The Morgan fingerprint density at radius 1 is 1.33 bits per heavy atom. The summed E-state index contributed by atoms with van der Waals surface area (Å²) in [7, 11) is -1.74. The molecule has 0 atom stereocenters. The molecular formula is C17H21NO2Si. The zero-order valence-corrected chi connectivity index (χ0v) is 13.9. The lowest BCUT2D eigenvalue weighted by Crippen LogP contribution is -2.26. The molecule has 21 heavy (non-hydrogen) atoms. The first-order valence-corrected chi connectivity index (χ1v) is 10.5. The number of benzene rings is 1. The molecule has 0 aromatic heterocycles. The van der Waals surface area contributed by atoms with Crippen LogP contribution < -0.4 is 0 Å². The molecule has 1 aliphatic rings. The van der Waals surface area contributed by atoms with Crippen LogP contribution in [-0.2, 0) is 15.6 Å². The SMILES string of the molecule is C=CCOC1=C(O[Si](C)(C)C)c2ccc(C#N)cc2CC1. The van der Waals surface area contributed by atoms with Crippen molar-refractivity contribution in [1.82, 2.24) is 0 Å². The van der Waals surface area contributed by atoms with Crippen LogP contribution in [0.25, 0.3) is 5.76 Å². The molecule has 0 bridgehead atoms. The van der Waals surface area contributed by atoms with Crippen molar-refractivity contribution in [2.75, 3.05) is 6.61 Å². The molecule has 0 heterocycles. The molecule has 0 saturated heterocycles. The zero-order valence-electron chi connectivity index (χ0n) is 12.9. The van der Waals surface area contributed by atoms with Gasteiger partial charge in [0.25, 0.3) is 0 Å². The molecule has 3 nitrogen and oxygen atoms in total. The molecule has 110 valence electrons. The Balaban J connectivity index is 2.46. The summed E-state index contributed by atoms with van der Waals surface area (Å²) in [5, 5.41) is 9.04. The summed E-state index contributed by atoms with van der Waals surface area (Å²) >= 11 is 0. The van der Waals surface area contributed by atoms with Crippen LogP contribution in [0.4, 0.5) is 0 Å². The summed E-state index contributed by atoms with van der Waals surface area (Å²) in [6, 6.07) is 7.95. The Hall–Kier alpha value is -1.99. The number of fused-ring (bicyclic) bond motifs is 1. The first-order chi connectivity index (χ1) is 9.94. The van der Waals surface area contributed by atoms with Crippen LogP contribution in [0.1, 0.15) is 23.1 Å². The normalized spacial score (nSPS) is 14.2. The van der Waals surface area contributed by atoms with Crippen molar-refractivity contribution in [2.24, 2.45) is 0 Å². The highest BCUT2D eigenvalue weighted by molar-refractivity contribution is 6.70. The lowest BCUT2D eigenvalue weighted by molar-refractivity contribution is 0.227. The van der Waals surface area contributed by atoms with Gasteiger partial charge in [0.1, 0.15) is 18.1 Å². The smallest absolute Gasteiger partial charge is 0.242 e. The van der Waals surface area contributed by atoms with Crippen LogP contribution in [0.15, 0.2) is 36.6 Å². The van der Waals surface area contributed by atoms with E-state index in [0.717, 1.165) is 35.5 Å². The van der Waals surface area contributed by atoms with Crippen molar-refractivity contribution in [3.05, 3.63) is 53.3 Å². The maximum atomic E-state index is 9.04. The van der Waals surface area contributed by atoms with E-state index in [1.54, 1.807) is 6.08 Å². The molecule has 0 amide bonds. The van der Waals surface area contributed by atoms with E-state index in [-0.39, 0.29) is 0 Å². The quantitative estimate of drug-likeness (QED) is 0.603. The first kappa shape index (κ1) is 15.4. The molecule has 1 aromatic rings. The molecule has 1 aliphatic carbocycles. The maximum Gasteiger partial charge on any atom is 0.242 e. The van der Waals surface area contributed by atoms with Crippen LogP contribution in [0.2, 0.25) is 19.6 Å². The van der Waals surface area contributed by atoms with Crippen molar-refractivity contribution in [2.45, 2.75) is 32.5 Å². The average Bonchev–Trinajstić information content (AvgIpc) is 2.44. The summed E-state index contributed by atoms with van der Waals surface area (Å²) in [5.41, 5.74) is 2.91.